The Morgan fingerprint density at radius 2 is 1.60 bits per heavy atom. The van der Waals surface area contributed by atoms with Crippen LogP contribution in [-0.2, 0) is 14.8 Å². The highest BCUT2D eigenvalue weighted by atomic mass is 32.2. The first kappa shape index (κ1) is 25.2. The summed E-state index contributed by atoms with van der Waals surface area (Å²) in [7, 11) is -3.77. The van der Waals surface area contributed by atoms with Crippen LogP contribution in [0.3, 0.4) is 0 Å². The van der Waals surface area contributed by atoms with Gasteiger partial charge in [-0.3, -0.25) is 14.3 Å². The highest BCUT2D eigenvalue weighted by Crippen LogP contribution is 2.24. The van der Waals surface area contributed by atoms with Gasteiger partial charge in [0.2, 0.25) is 5.91 Å². The summed E-state index contributed by atoms with van der Waals surface area (Å²) >= 11 is 0. The molecule has 0 radical (unpaired) electrons. The third kappa shape index (κ3) is 6.23. The maximum absolute atomic E-state index is 13.1. The van der Waals surface area contributed by atoms with Gasteiger partial charge in [-0.25, -0.2) is 8.42 Å². The Balaban J connectivity index is 1.36. The number of carbonyl (C=O) groups excluding carboxylic acids is 2. The van der Waals surface area contributed by atoms with Crippen molar-refractivity contribution in [2.45, 2.75) is 69.2 Å². The Morgan fingerprint density at radius 3 is 2.23 bits per heavy atom. The Labute approximate surface area is 208 Å². The fraction of sp³-hybridized carbons (Fsp3) is 0.481. The number of benzene rings is 2. The van der Waals surface area contributed by atoms with E-state index in [1.807, 2.05) is 12.1 Å². The number of likely N-dealkylation sites (tertiary alicyclic amines) is 1. The van der Waals surface area contributed by atoms with Crippen LogP contribution >= 0.6 is 0 Å². The normalized spacial score (nSPS) is 17.5. The lowest BCUT2D eigenvalue weighted by Gasteiger charge is -2.32. The minimum Gasteiger partial charge on any atom is -0.353 e. The number of piperidine rings is 1. The molecule has 1 saturated heterocycles. The molecule has 1 saturated carbocycles. The first-order chi connectivity index (χ1) is 16.7. The zero-order valence-corrected chi connectivity index (χ0v) is 21.3. The van der Waals surface area contributed by atoms with Gasteiger partial charge in [0.05, 0.1) is 4.90 Å². The molecule has 2 aromatic rings. The van der Waals surface area contributed by atoms with E-state index >= 15 is 0 Å². The minimum absolute atomic E-state index is 0.0557. The Hall–Kier alpha value is -2.87. The molecular weight excluding hydrogens is 462 g/mol. The molecule has 0 aromatic heterocycles. The lowest BCUT2D eigenvalue weighted by molar-refractivity contribution is -0.127. The molecule has 2 fully saturated rings. The number of sulfonamides is 1. The average Bonchev–Trinajstić information content (AvgIpc) is 3.36. The molecular formula is C27H35N3O4S. The summed E-state index contributed by atoms with van der Waals surface area (Å²) in [6.45, 7) is 5.13. The molecule has 0 bridgehead atoms. The molecule has 0 unspecified atom stereocenters. The molecule has 0 spiro atoms. The van der Waals surface area contributed by atoms with Crippen molar-refractivity contribution in [3.8, 4) is 0 Å². The first-order valence-corrected chi connectivity index (χ1v) is 14.0. The van der Waals surface area contributed by atoms with Gasteiger partial charge in [-0.1, -0.05) is 44.9 Å². The van der Waals surface area contributed by atoms with Crippen molar-refractivity contribution < 1.29 is 18.0 Å². The molecule has 35 heavy (non-hydrogen) atoms. The lowest BCUT2D eigenvalue weighted by Crippen LogP contribution is -2.44. The fourth-order valence-electron chi connectivity index (χ4n) is 4.88. The number of nitrogens with zero attached hydrogens (tertiary/aromatic N) is 1. The number of anilines is 1. The van der Waals surface area contributed by atoms with Crippen LogP contribution < -0.4 is 10.0 Å². The number of rotatable bonds is 7. The van der Waals surface area contributed by atoms with Gasteiger partial charge in [-0.15, -0.1) is 0 Å². The quantitative estimate of drug-likeness (QED) is 0.588. The number of amides is 2. The van der Waals surface area contributed by atoms with E-state index in [1.165, 1.54) is 12.8 Å². The second kappa shape index (κ2) is 10.8. The van der Waals surface area contributed by atoms with E-state index in [4.69, 9.17) is 0 Å². The Kier molecular flexibility index (Phi) is 7.79. The van der Waals surface area contributed by atoms with Gasteiger partial charge in [0.1, 0.15) is 0 Å². The molecule has 1 heterocycles. The van der Waals surface area contributed by atoms with E-state index in [0.29, 0.717) is 49.1 Å². The third-order valence-electron chi connectivity index (χ3n) is 7.07. The van der Waals surface area contributed by atoms with Crippen molar-refractivity contribution in [3.05, 3.63) is 59.7 Å². The van der Waals surface area contributed by atoms with Crippen LogP contribution in [0.4, 0.5) is 5.69 Å². The van der Waals surface area contributed by atoms with Crippen LogP contribution in [-0.4, -0.2) is 44.3 Å². The summed E-state index contributed by atoms with van der Waals surface area (Å²) in [5.41, 5.74) is 1.83. The van der Waals surface area contributed by atoms with Gasteiger partial charge < -0.3 is 10.2 Å². The van der Waals surface area contributed by atoms with Crippen LogP contribution in [0.25, 0.3) is 0 Å². The monoisotopic (exact) mass is 497 g/mol. The molecule has 7 nitrogen and oxygen atoms in total. The molecule has 1 aliphatic carbocycles. The molecule has 2 aromatic carbocycles. The van der Waals surface area contributed by atoms with E-state index in [2.05, 4.69) is 23.9 Å². The van der Waals surface area contributed by atoms with Gasteiger partial charge in [0, 0.05) is 36.3 Å². The maximum Gasteiger partial charge on any atom is 0.261 e. The predicted molar refractivity (Wildman–Crippen MR) is 137 cm³/mol. The Bertz CT molecular complexity index is 1150. The molecule has 0 atom stereocenters. The van der Waals surface area contributed by atoms with Crippen molar-refractivity contribution in [2.24, 2.45) is 5.92 Å². The van der Waals surface area contributed by atoms with Crippen LogP contribution in [0.2, 0.25) is 0 Å². The molecule has 1 aliphatic heterocycles. The highest BCUT2D eigenvalue weighted by Gasteiger charge is 2.29. The average molecular weight is 498 g/mol. The van der Waals surface area contributed by atoms with Crippen molar-refractivity contribution >= 4 is 27.5 Å². The van der Waals surface area contributed by atoms with Crippen LogP contribution in [0, 0.1) is 5.92 Å². The van der Waals surface area contributed by atoms with Crippen molar-refractivity contribution in [1.82, 2.24) is 10.2 Å². The van der Waals surface area contributed by atoms with Crippen molar-refractivity contribution in [3.63, 3.8) is 0 Å². The zero-order valence-electron chi connectivity index (χ0n) is 20.5. The molecule has 2 N–H and O–H groups in total. The van der Waals surface area contributed by atoms with Gasteiger partial charge >= 0.3 is 0 Å². The van der Waals surface area contributed by atoms with E-state index in [-0.39, 0.29) is 22.6 Å². The summed E-state index contributed by atoms with van der Waals surface area (Å²) in [6, 6.07) is 13.7. The first-order valence-electron chi connectivity index (χ1n) is 12.6. The van der Waals surface area contributed by atoms with E-state index < -0.39 is 10.0 Å². The third-order valence-corrected chi connectivity index (χ3v) is 8.47. The predicted octanol–water partition coefficient (Wildman–Crippen LogP) is 4.52. The largest absolute Gasteiger partial charge is 0.353 e. The fourth-order valence-corrected chi connectivity index (χ4v) is 5.93. The van der Waals surface area contributed by atoms with Gasteiger partial charge in [0.15, 0.2) is 0 Å². The summed E-state index contributed by atoms with van der Waals surface area (Å²) in [4.78, 5) is 27.6. The number of hydrogen-bond donors (Lipinski definition) is 2. The van der Waals surface area contributed by atoms with Gasteiger partial charge in [0.25, 0.3) is 15.9 Å². The second-order valence-corrected chi connectivity index (χ2v) is 11.6. The Morgan fingerprint density at radius 1 is 0.943 bits per heavy atom. The molecule has 2 aliphatic rings. The number of carbonyl (C=O) groups is 2. The number of hydrogen-bond acceptors (Lipinski definition) is 4. The van der Waals surface area contributed by atoms with Crippen LogP contribution in [0.15, 0.2) is 53.4 Å². The van der Waals surface area contributed by atoms with Crippen LogP contribution in [0.5, 0.6) is 0 Å². The summed E-state index contributed by atoms with van der Waals surface area (Å²) in [6.07, 6.45) is 5.76. The molecule has 188 valence electrons. The molecule has 4 rings (SSSR count). The van der Waals surface area contributed by atoms with Gasteiger partial charge in [-0.05, 0) is 67.5 Å². The van der Waals surface area contributed by atoms with E-state index in [9.17, 15) is 18.0 Å². The molecule has 8 heteroatoms. The van der Waals surface area contributed by atoms with Gasteiger partial charge in [-0.2, -0.15) is 0 Å². The smallest absolute Gasteiger partial charge is 0.261 e. The lowest BCUT2D eigenvalue weighted by atomic mass is 9.95. The van der Waals surface area contributed by atoms with Crippen molar-refractivity contribution in [2.75, 3.05) is 17.8 Å². The summed E-state index contributed by atoms with van der Waals surface area (Å²) in [5, 5.41) is 3.17. The molecule has 2 amide bonds. The summed E-state index contributed by atoms with van der Waals surface area (Å²) < 4.78 is 28.3. The topological polar surface area (TPSA) is 95.6 Å². The van der Waals surface area contributed by atoms with Crippen LogP contribution in [0.1, 0.15) is 74.2 Å². The minimum atomic E-state index is -3.77. The zero-order chi connectivity index (χ0) is 25.0. The standard InChI is InChI=1S/C27H35N3O4S/c1-19(2)20-10-12-25(13-11-20)35(33,34)29-24-9-5-6-22(18-24)27(32)30-16-14-21(15-17-30)26(31)28-23-7-3-4-8-23/h5-6,9-13,18-19,21,23,29H,3-4,7-8,14-17H2,1-2H3,(H,28,31). The maximum atomic E-state index is 13.1. The second-order valence-electron chi connectivity index (χ2n) is 9.97. The SMILES string of the molecule is CC(C)c1ccc(S(=O)(=O)Nc2cccc(C(=O)N3CCC(C(=O)NC4CCCC4)CC3)c2)cc1. The van der Waals surface area contributed by atoms with E-state index in [0.717, 1.165) is 18.4 Å². The number of nitrogens with one attached hydrogen (secondary N) is 2. The summed E-state index contributed by atoms with van der Waals surface area (Å²) in [5.74, 6) is 0.220. The van der Waals surface area contributed by atoms with Crippen molar-refractivity contribution in [1.29, 1.82) is 0 Å². The van der Waals surface area contributed by atoms with E-state index in [1.54, 1.807) is 41.3 Å². The highest BCUT2D eigenvalue weighted by molar-refractivity contribution is 7.92.